The fraction of sp³-hybridized carbons (Fsp3) is 0.875. The topological polar surface area (TPSA) is 119 Å². The zero-order chi connectivity index (χ0) is 11.6. The van der Waals surface area contributed by atoms with Crippen molar-refractivity contribution >= 4 is 5.91 Å². The number of hydrogen-bond acceptors (Lipinski definition) is 6. The molecule has 88 valence electrons. The van der Waals surface area contributed by atoms with Gasteiger partial charge in [-0.3, -0.25) is 4.79 Å². The molecule has 0 aromatic heterocycles. The number of carbonyl (C=O) groups excluding carboxylic acids is 1. The van der Waals surface area contributed by atoms with Gasteiger partial charge >= 0.3 is 0 Å². The minimum Gasteiger partial charge on any atom is -0.394 e. The SMILES string of the molecule is CC(=O)N[C@H]1[C@H](O)[C@@H](O)[C@@H](O)O[C@@H]1CO. The zero-order valence-electron chi connectivity index (χ0n) is 8.20. The maximum Gasteiger partial charge on any atom is 0.217 e. The predicted molar refractivity (Wildman–Crippen MR) is 47.6 cm³/mol. The van der Waals surface area contributed by atoms with Crippen LogP contribution in [0.5, 0.6) is 0 Å². The summed E-state index contributed by atoms with van der Waals surface area (Å²) < 4.78 is 4.81. The summed E-state index contributed by atoms with van der Waals surface area (Å²) in [5, 5.41) is 39.2. The maximum atomic E-state index is 10.8. The monoisotopic (exact) mass is 221 g/mol. The Morgan fingerprint density at radius 3 is 2.40 bits per heavy atom. The van der Waals surface area contributed by atoms with E-state index in [1.807, 2.05) is 0 Å². The first-order chi connectivity index (χ1) is 6.97. The van der Waals surface area contributed by atoms with Crippen LogP contribution in [-0.4, -0.2) is 63.6 Å². The minimum atomic E-state index is -1.57. The van der Waals surface area contributed by atoms with Gasteiger partial charge in [-0.05, 0) is 0 Å². The Balaban J connectivity index is 2.75. The summed E-state index contributed by atoms with van der Waals surface area (Å²) in [4.78, 5) is 10.8. The molecular formula is C8H15NO6. The number of amides is 1. The van der Waals surface area contributed by atoms with Crippen molar-refractivity contribution in [2.75, 3.05) is 6.61 Å². The minimum absolute atomic E-state index is 0.426. The molecule has 1 aliphatic heterocycles. The summed E-state index contributed by atoms with van der Waals surface area (Å²) >= 11 is 0. The first-order valence-electron chi connectivity index (χ1n) is 4.55. The third kappa shape index (κ3) is 2.64. The third-order valence-electron chi connectivity index (χ3n) is 2.27. The zero-order valence-corrected chi connectivity index (χ0v) is 8.20. The molecule has 0 saturated carbocycles. The lowest BCUT2D eigenvalue weighted by atomic mass is 9.96. The van der Waals surface area contributed by atoms with Crippen molar-refractivity contribution < 1.29 is 30.0 Å². The summed E-state index contributed by atoms with van der Waals surface area (Å²) in [7, 11) is 0. The Hall–Kier alpha value is -0.730. The van der Waals surface area contributed by atoms with Gasteiger partial charge in [0, 0.05) is 6.92 Å². The van der Waals surface area contributed by atoms with Gasteiger partial charge in [-0.2, -0.15) is 0 Å². The van der Waals surface area contributed by atoms with Crippen LogP contribution in [-0.2, 0) is 9.53 Å². The number of carbonyl (C=O) groups is 1. The summed E-state index contributed by atoms with van der Waals surface area (Å²) in [5.74, 6) is -0.426. The quantitative estimate of drug-likeness (QED) is 0.337. The molecule has 1 amide bonds. The van der Waals surface area contributed by atoms with E-state index in [2.05, 4.69) is 5.32 Å². The van der Waals surface area contributed by atoms with E-state index in [1.165, 1.54) is 6.92 Å². The molecule has 5 N–H and O–H groups in total. The smallest absolute Gasteiger partial charge is 0.217 e. The molecule has 1 saturated heterocycles. The molecule has 1 fully saturated rings. The van der Waals surface area contributed by atoms with E-state index < -0.39 is 43.2 Å². The summed E-state index contributed by atoms with van der Waals surface area (Å²) in [6, 6.07) is -0.939. The second kappa shape index (κ2) is 4.86. The van der Waals surface area contributed by atoms with Gasteiger partial charge in [0.2, 0.25) is 5.91 Å². The highest BCUT2D eigenvalue weighted by Crippen LogP contribution is 2.19. The second-order valence-electron chi connectivity index (χ2n) is 3.46. The second-order valence-corrected chi connectivity index (χ2v) is 3.46. The number of aliphatic hydroxyl groups is 4. The van der Waals surface area contributed by atoms with Crippen LogP contribution in [0.1, 0.15) is 6.92 Å². The van der Waals surface area contributed by atoms with Gasteiger partial charge in [0.25, 0.3) is 0 Å². The lowest BCUT2D eigenvalue weighted by Crippen LogP contribution is -2.64. The first kappa shape index (κ1) is 12.3. The molecule has 7 heteroatoms. The van der Waals surface area contributed by atoms with E-state index in [9.17, 15) is 15.0 Å². The van der Waals surface area contributed by atoms with Crippen LogP contribution in [0.15, 0.2) is 0 Å². The Morgan fingerprint density at radius 2 is 1.93 bits per heavy atom. The Morgan fingerprint density at radius 1 is 1.33 bits per heavy atom. The first-order valence-corrected chi connectivity index (χ1v) is 4.55. The van der Waals surface area contributed by atoms with Crippen molar-refractivity contribution in [1.82, 2.24) is 5.32 Å². The molecule has 1 heterocycles. The summed E-state index contributed by atoms with van der Waals surface area (Å²) in [5.41, 5.74) is 0. The highest BCUT2D eigenvalue weighted by atomic mass is 16.6. The van der Waals surface area contributed by atoms with E-state index >= 15 is 0 Å². The van der Waals surface area contributed by atoms with E-state index in [0.29, 0.717) is 0 Å². The van der Waals surface area contributed by atoms with Crippen LogP contribution in [0, 0.1) is 0 Å². The van der Waals surface area contributed by atoms with Crippen LogP contribution in [0.3, 0.4) is 0 Å². The molecular weight excluding hydrogens is 206 g/mol. The average Bonchev–Trinajstić information content (AvgIpc) is 2.18. The lowest BCUT2D eigenvalue weighted by Gasteiger charge is -2.40. The van der Waals surface area contributed by atoms with Crippen molar-refractivity contribution in [2.45, 2.75) is 37.6 Å². The van der Waals surface area contributed by atoms with Crippen LogP contribution in [0.4, 0.5) is 0 Å². The molecule has 15 heavy (non-hydrogen) atoms. The van der Waals surface area contributed by atoms with Gasteiger partial charge in [-0.1, -0.05) is 0 Å². The molecule has 1 rings (SSSR count). The highest BCUT2D eigenvalue weighted by Gasteiger charge is 2.43. The Kier molecular flexibility index (Phi) is 4.00. The lowest BCUT2D eigenvalue weighted by molar-refractivity contribution is -0.262. The molecule has 0 unspecified atom stereocenters. The standard InChI is InChI=1S/C8H15NO6/c1-3(11)9-5-4(2-10)15-8(14)7(13)6(5)12/h4-8,10,12-14H,2H2,1H3,(H,9,11)/t4-,5-,6+,7-,8+/m1/s1. The van der Waals surface area contributed by atoms with Gasteiger partial charge < -0.3 is 30.5 Å². The normalized spacial score (nSPS) is 41.3. The Bertz CT molecular complexity index is 233. The molecule has 5 atom stereocenters. The largest absolute Gasteiger partial charge is 0.394 e. The van der Waals surface area contributed by atoms with Gasteiger partial charge in [0.05, 0.1) is 12.6 Å². The maximum absolute atomic E-state index is 10.8. The van der Waals surface area contributed by atoms with Crippen LogP contribution in [0.25, 0.3) is 0 Å². The molecule has 0 bridgehead atoms. The Labute approximate surface area is 86.3 Å². The predicted octanol–water partition coefficient (Wildman–Crippen LogP) is -3.08. The molecule has 0 aliphatic carbocycles. The molecule has 0 radical (unpaired) electrons. The summed E-state index contributed by atoms with van der Waals surface area (Å²) in [6.45, 7) is 0.754. The number of ether oxygens (including phenoxy) is 1. The number of aliphatic hydroxyl groups excluding tert-OH is 4. The molecule has 0 aromatic rings. The average molecular weight is 221 g/mol. The van der Waals surface area contributed by atoms with Crippen LogP contribution < -0.4 is 5.32 Å². The highest BCUT2D eigenvalue weighted by molar-refractivity contribution is 5.73. The fourth-order valence-electron chi connectivity index (χ4n) is 1.51. The molecule has 7 nitrogen and oxygen atoms in total. The van der Waals surface area contributed by atoms with Crippen molar-refractivity contribution in [3.63, 3.8) is 0 Å². The van der Waals surface area contributed by atoms with E-state index in [1.54, 1.807) is 0 Å². The molecule has 0 spiro atoms. The molecule has 0 aromatic carbocycles. The van der Waals surface area contributed by atoms with Crippen molar-refractivity contribution in [1.29, 1.82) is 0 Å². The van der Waals surface area contributed by atoms with Gasteiger partial charge in [0.1, 0.15) is 18.3 Å². The van der Waals surface area contributed by atoms with E-state index in [0.717, 1.165) is 0 Å². The van der Waals surface area contributed by atoms with Crippen LogP contribution in [0.2, 0.25) is 0 Å². The van der Waals surface area contributed by atoms with Crippen molar-refractivity contribution in [2.24, 2.45) is 0 Å². The summed E-state index contributed by atoms with van der Waals surface area (Å²) in [6.07, 6.45) is -5.40. The third-order valence-corrected chi connectivity index (χ3v) is 2.27. The van der Waals surface area contributed by atoms with Crippen molar-refractivity contribution in [3.05, 3.63) is 0 Å². The molecule has 1 aliphatic rings. The van der Waals surface area contributed by atoms with Crippen LogP contribution >= 0.6 is 0 Å². The number of nitrogens with one attached hydrogen (secondary N) is 1. The van der Waals surface area contributed by atoms with Crippen molar-refractivity contribution in [3.8, 4) is 0 Å². The van der Waals surface area contributed by atoms with Gasteiger partial charge in [-0.25, -0.2) is 0 Å². The van der Waals surface area contributed by atoms with Gasteiger partial charge in [-0.15, -0.1) is 0 Å². The number of hydrogen-bond donors (Lipinski definition) is 5. The fourth-order valence-corrected chi connectivity index (χ4v) is 1.51. The van der Waals surface area contributed by atoms with E-state index in [-0.39, 0.29) is 0 Å². The number of rotatable bonds is 2. The van der Waals surface area contributed by atoms with E-state index in [4.69, 9.17) is 14.9 Å². The van der Waals surface area contributed by atoms with Gasteiger partial charge in [0.15, 0.2) is 6.29 Å².